The molecule has 0 saturated heterocycles. The Morgan fingerprint density at radius 1 is 0.696 bits per heavy atom. The van der Waals surface area contributed by atoms with Gasteiger partial charge in [-0.1, -0.05) is 6.07 Å². The molecule has 0 aliphatic carbocycles. The number of hydrogen-bond donors (Lipinski definition) is 0. The van der Waals surface area contributed by atoms with E-state index in [1.807, 2.05) is 67.6 Å². The van der Waals surface area contributed by atoms with Crippen LogP contribution in [0.2, 0.25) is 0 Å². The molecule has 0 saturated carbocycles. The maximum absolute atomic E-state index is 13.1. The summed E-state index contributed by atoms with van der Waals surface area (Å²) in [5.74, 6) is 0.966. The van der Waals surface area contributed by atoms with Crippen molar-refractivity contribution in [2.24, 2.45) is 0 Å². The van der Waals surface area contributed by atoms with Gasteiger partial charge in [-0.15, -0.1) is 0 Å². The standard InChI is InChI=1S/C21H17F2/c1-15-10-12-17(13-11-15)20(16-6-3-2-4-7-16)18-8-5-9-19(14-18)21(22)23/h2-14,21H,1H3/q+1. The molecule has 3 aromatic carbocycles. The molecule has 2 heteroatoms. The summed E-state index contributed by atoms with van der Waals surface area (Å²) in [5, 5.41) is 0. The lowest BCUT2D eigenvalue weighted by Gasteiger charge is -2.14. The zero-order chi connectivity index (χ0) is 16.2. The van der Waals surface area contributed by atoms with E-state index >= 15 is 0 Å². The van der Waals surface area contributed by atoms with E-state index in [9.17, 15) is 8.78 Å². The molecule has 0 amide bonds. The average Bonchev–Trinajstić information content (AvgIpc) is 2.58. The molecule has 0 aliphatic heterocycles. The maximum Gasteiger partial charge on any atom is 0.268 e. The summed E-state index contributed by atoms with van der Waals surface area (Å²) in [6.07, 6.45) is -2.47. The number of aryl methyl sites for hydroxylation is 1. The molecule has 0 heterocycles. The highest BCUT2D eigenvalue weighted by molar-refractivity contribution is 5.57. The monoisotopic (exact) mass is 307 g/mol. The molecule has 0 aromatic heterocycles. The number of rotatable bonds is 4. The number of hydrogen-bond acceptors (Lipinski definition) is 0. The number of benzene rings is 3. The first kappa shape index (κ1) is 15.3. The van der Waals surface area contributed by atoms with Crippen molar-refractivity contribution >= 4 is 0 Å². The van der Waals surface area contributed by atoms with Crippen LogP contribution in [-0.2, 0) is 0 Å². The molecule has 0 spiro atoms. The van der Waals surface area contributed by atoms with Crippen molar-refractivity contribution < 1.29 is 8.78 Å². The quantitative estimate of drug-likeness (QED) is 0.412. The van der Waals surface area contributed by atoms with Crippen LogP contribution in [0, 0.1) is 12.8 Å². The van der Waals surface area contributed by atoms with Crippen molar-refractivity contribution in [3.05, 3.63) is 113 Å². The van der Waals surface area contributed by atoms with Gasteiger partial charge in [-0.05, 0) is 85.3 Å². The number of alkyl halides is 2. The fourth-order valence-corrected chi connectivity index (χ4v) is 2.65. The Labute approximate surface area is 135 Å². The van der Waals surface area contributed by atoms with Crippen LogP contribution in [0.3, 0.4) is 0 Å². The molecular weight excluding hydrogens is 290 g/mol. The van der Waals surface area contributed by atoms with Gasteiger partial charge in [-0.2, -0.15) is 0 Å². The Hall–Kier alpha value is -2.61. The van der Waals surface area contributed by atoms with Gasteiger partial charge in [-0.25, -0.2) is 8.78 Å². The summed E-state index contributed by atoms with van der Waals surface area (Å²) >= 11 is 0. The van der Waals surface area contributed by atoms with E-state index in [1.54, 1.807) is 12.1 Å². The van der Waals surface area contributed by atoms with Crippen molar-refractivity contribution in [3.8, 4) is 0 Å². The molecule has 0 nitrogen and oxygen atoms in total. The van der Waals surface area contributed by atoms with Crippen LogP contribution in [0.4, 0.5) is 8.78 Å². The summed E-state index contributed by atoms with van der Waals surface area (Å²) < 4.78 is 26.1. The molecule has 0 atom stereocenters. The minimum atomic E-state index is -2.47. The Balaban J connectivity index is 2.12. The Bertz CT molecular complexity index is 761. The van der Waals surface area contributed by atoms with Gasteiger partial charge in [0.25, 0.3) is 6.43 Å². The summed E-state index contributed by atoms with van der Waals surface area (Å²) in [7, 11) is 0. The van der Waals surface area contributed by atoms with Gasteiger partial charge >= 0.3 is 0 Å². The minimum Gasteiger partial charge on any atom is -0.204 e. The third kappa shape index (κ3) is 3.42. The highest BCUT2D eigenvalue weighted by atomic mass is 19.3. The molecule has 23 heavy (non-hydrogen) atoms. The highest BCUT2D eigenvalue weighted by Crippen LogP contribution is 2.32. The Morgan fingerprint density at radius 3 is 1.96 bits per heavy atom. The molecule has 0 fully saturated rings. The molecule has 114 valence electrons. The third-order valence-electron chi connectivity index (χ3n) is 3.83. The van der Waals surface area contributed by atoms with Crippen LogP contribution in [0.25, 0.3) is 0 Å². The smallest absolute Gasteiger partial charge is 0.204 e. The fourth-order valence-electron chi connectivity index (χ4n) is 2.65. The van der Waals surface area contributed by atoms with Gasteiger partial charge < -0.3 is 0 Å². The van der Waals surface area contributed by atoms with Crippen molar-refractivity contribution in [2.45, 2.75) is 13.3 Å². The molecule has 3 rings (SSSR count). The zero-order valence-electron chi connectivity index (χ0n) is 12.8. The van der Waals surface area contributed by atoms with E-state index in [2.05, 4.69) is 0 Å². The molecule has 0 aliphatic rings. The fraction of sp³-hybridized carbons (Fsp3) is 0.0952. The van der Waals surface area contributed by atoms with Gasteiger partial charge in [-0.3, -0.25) is 0 Å². The van der Waals surface area contributed by atoms with E-state index < -0.39 is 6.43 Å². The van der Waals surface area contributed by atoms with Crippen molar-refractivity contribution in [2.75, 3.05) is 0 Å². The highest BCUT2D eigenvalue weighted by Gasteiger charge is 2.23. The normalized spacial score (nSPS) is 10.8. The third-order valence-corrected chi connectivity index (χ3v) is 3.83. The van der Waals surface area contributed by atoms with E-state index in [0.717, 1.165) is 22.6 Å². The first-order valence-corrected chi connectivity index (χ1v) is 7.53. The van der Waals surface area contributed by atoms with Crippen LogP contribution in [-0.4, -0.2) is 0 Å². The van der Waals surface area contributed by atoms with E-state index in [4.69, 9.17) is 0 Å². The summed E-state index contributed by atoms with van der Waals surface area (Å²) in [5.41, 5.74) is 4.05. The average molecular weight is 307 g/mol. The Kier molecular flexibility index (Phi) is 4.42. The van der Waals surface area contributed by atoms with Gasteiger partial charge in [0.05, 0.1) is 22.6 Å². The zero-order valence-corrected chi connectivity index (χ0v) is 12.8. The topological polar surface area (TPSA) is 0 Å². The molecule has 0 bridgehead atoms. The first-order valence-electron chi connectivity index (χ1n) is 7.53. The molecule has 3 aromatic rings. The summed E-state index contributed by atoms with van der Waals surface area (Å²) in [4.78, 5) is 0. The first-order chi connectivity index (χ1) is 11.1. The van der Waals surface area contributed by atoms with Gasteiger partial charge in [0.15, 0.2) is 0 Å². The van der Waals surface area contributed by atoms with Gasteiger partial charge in [0.1, 0.15) is 0 Å². The van der Waals surface area contributed by atoms with Crippen LogP contribution >= 0.6 is 0 Å². The lowest BCUT2D eigenvalue weighted by Crippen LogP contribution is -2.05. The maximum atomic E-state index is 13.1. The van der Waals surface area contributed by atoms with Gasteiger partial charge in [0.2, 0.25) is 0 Å². The summed E-state index contributed by atoms with van der Waals surface area (Å²) in [6.45, 7) is 2.03. The predicted molar refractivity (Wildman–Crippen MR) is 89.6 cm³/mol. The largest absolute Gasteiger partial charge is 0.268 e. The SMILES string of the molecule is Cc1ccc([C+](c2ccccc2)c2cccc(C(F)F)c2)cc1. The Morgan fingerprint density at radius 2 is 1.30 bits per heavy atom. The van der Waals surface area contributed by atoms with Crippen LogP contribution in [0.1, 0.15) is 34.2 Å². The lowest BCUT2D eigenvalue weighted by molar-refractivity contribution is 0.151. The van der Waals surface area contributed by atoms with E-state index in [-0.39, 0.29) is 5.56 Å². The van der Waals surface area contributed by atoms with Gasteiger partial charge in [0, 0.05) is 5.56 Å². The summed E-state index contributed by atoms with van der Waals surface area (Å²) in [6, 6.07) is 24.6. The lowest BCUT2D eigenvalue weighted by atomic mass is 9.84. The van der Waals surface area contributed by atoms with Crippen molar-refractivity contribution in [1.82, 2.24) is 0 Å². The second-order valence-electron chi connectivity index (χ2n) is 5.53. The van der Waals surface area contributed by atoms with Crippen molar-refractivity contribution in [3.63, 3.8) is 0 Å². The molecule has 0 radical (unpaired) electrons. The molecule has 0 N–H and O–H groups in total. The van der Waals surface area contributed by atoms with Crippen LogP contribution in [0.15, 0.2) is 78.9 Å². The van der Waals surface area contributed by atoms with Crippen LogP contribution in [0.5, 0.6) is 0 Å². The molecule has 0 unspecified atom stereocenters. The number of halogens is 2. The minimum absolute atomic E-state index is 0.0445. The van der Waals surface area contributed by atoms with Crippen molar-refractivity contribution in [1.29, 1.82) is 0 Å². The van der Waals surface area contributed by atoms with Crippen LogP contribution < -0.4 is 0 Å². The van der Waals surface area contributed by atoms with E-state index in [1.165, 1.54) is 11.6 Å². The predicted octanol–water partition coefficient (Wildman–Crippen LogP) is 5.95. The second kappa shape index (κ2) is 6.66. The van der Waals surface area contributed by atoms with E-state index in [0.29, 0.717) is 0 Å². The second-order valence-corrected chi connectivity index (χ2v) is 5.53. The molecular formula is C21H17F2+.